The average molecular weight is 559 g/mol. The van der Waals surface area contributed by atoms with Gasteiger partial charge >= 0.3 is 0 Å². The van der Waals surface area contributed by atoms with E-state index in [1.807, 2.05) is 4.72 Å². The van der Waals surface area contributed by atoms with E-state index >= 15 is 0 Å². The molecule has 11 nitrogen and oxygen atoms in total. The van der Waals surface area contributed by atoms with Crippen molar-refractivity contribution in [2.45, 2.75) is 38.1 Å². The molecule has 2 N–H and O–H groups in total. The van der Waals surface area contributed by atoms with Gasteiger partial charge in [-0.3, -0.25) is 14.4 Å². The number of aryl methyl sites for hydroxylation is 2. The lowest BCUT2D eigenvalue weighted by Gasteiger charge is -2.19. The molecule has 0 aliphatic carbocycles. The molecule has 0 saturated heterocycles. The van der Waals surface area contributed by atoms with E-state index in [0.717, 1.165) is 0 Å². The number of amides is 3. The monoisotopic (exact) mass is 558 g/mol. The standard InChI is InChI=1S/C22H24Cl2N4O7S/c1-12-20(13(2)35-25-12)36(33,34)26-18(29)5-4-8-28-11-15(19(30)22(28)32)21(31)27(3)10-14-6-7-16(23)17(24)9-14/h6-7,9,30H,4-5,8,10-11H2,1-3H3,(H,26,29). The van der Waals surface area contributed by atoms with Crippen molar-refractivity contribution in [1.82, 2.24) is 19.7 Å². The first-order valence-electron chi connectivity index (χ1n) is 10.7. The van der Waals surface area contributed by atoms with Gasteiger partial charge in [0.2, 0.25) is 5.91 Å². The number of carbonyl (C=O) groups is 3. The predicted molar refractivity (Wildman–Crippen MR) is 130 cm³/mol. The Morgan fingerprint density at radius 2 is 1.94 bits per heavy atom. The fraction of sp³-hybridized carbons (Fsp3) is 0.364. The molecule has 0 radical (unpaired) electrons. The summed E-state index contributed by atoms with van der Waals surface area (Å²) in [6.45, 7) is 2.90. The van der Waals surface area contributed by atoms with Crippen molar-refractivity contribution in [3.8, 4) is 0 Å². The SMILES string of the molecule is Cc1noc(C)c1S(=O)(=O)NC(=O)CCCN1CC(C(=O)N(C)Cc2ccc(Cl)c(Cl)c2)=C(O)C1=O. The normalized spacial score (nSPS) is 13.9. The Hall–Kier alpha value is -3.09. The van der Waals surface area contributed by atoms with Crippen LogP contribution in [0.5, 0.6) is 0 Å². The lowest BCUT2D eigenvalue weighted by Crippen LogP contribution is -2.34. The van der Waals surface area contributed by atoms with Gasteiger partial charge in [-0.15, -0.1) is 0 Å². The van der Waals surface area contributed by atoms with Crippen LogP contribution >= 0.6 is 23.2 Å². The van der Waals surface area contributed by atoms with Crippen molar-refractivity contribution in [2.75, 3.05) is 20.1 Å². The maximum absolute atomic E-state index is 12.8. The van der Waals surface area contributed by atoms with Crippen LogP contribution in [0.25, 0.3) is 0 Å². The molecule has 0 unspecified atom stereocenters. The fourth-order valence-electron chi connectivity index (χ4n) is 3.72. The second-order valence-electron chi connectivity index (χ2n) is 8.25. The number of carbonyl (C=O) groups excluding carboxylic acids is 3. The van der Waals surface area contributed by atoms with Gasteiger partial charge in [0.15, 0.2) is 16.4 Å². The summed E-state index contributed by atoms with van der Waals surface area (Å²) in [6, 6.07) is 4.92. The molecule has 14 heteroatoms. The summed E-state index contributed by atoms with van der Waals surface area (Å²) in [5.41, 5.74) is 0.755. The number of nitrogens with zero attached hydrogens (tertiary/aromatic N) is 3. The van der Waals surface area contributed by atoms with Gasteiger partial charge in [0.25, 0.3) is 21.8 Å². The summed E-state index contributed by atoms with van der Waals surface area (Å²) in [4.78, 5) is 39.8. The zero-order valence-electron chi connectivity index (χ0n) is 19.7. The summed E-state index contributed by atoms with van der Waals surface area (Å²) in [7, 11) is -2.64. The van der Waals surface area contributed by atoms with Crippen LogP contribution < -0.4 is 4.72 Å². The Morgan fingerprint density at radius 3 is 2.56 bits per heavy atom. The Bertz CT molecular complexity index is 1330. The minimum absolute atomic E-state index is 0.0228. The zero-order valence-corrected chi connectivity index (χ0v) is 22.0. The van der Waals surface area contributed by atoms with Crippen molar-refractivity contribution in [3.05, 3.63) is 56.6 Å². The lowest BCUT2D eigenvalue weighted by atomic mass is 10.2. The number of aliphatic hydroxyl groups excluding tert-OH is 1. The van der Waals surface area contributed by atoms with E-state index in [0.29, 0.717) is 15.6 Å². The first-order valence-corrected chi connectivity index (χ1v) is 12.9. The number of sulfonamides is 1. The van der Waals surface area contributed by atoms with Gasteiger partial charge in [-0.1, -0.05) is 34.4 Å². The molecular formula is C22H24Cl2N4O7S. The highest BCUT2D eigenvalue weighted by Crippen LogP contribution is 2.25. The van der Waals surface area contributed by atoms with Crippen molar-refractivity contribution in [3.63, 3.8) is 0 Å². The van der Waals surface area contributed by atoms with E-state index in [1.54, 1.807) is 18.2 Å². The molecule has 0 atom stereocenters. The van der Waals surface area contributed by atoms with Gasteiger partial charge in [-0.2, -0.15) is 0 Å². The van der Waals surface area contributed by atoms with E-state index in [-0.39, 0.29) is 54.4 Å². The smallest absolute Gasteiger partial charge is 0.289 e. The van der Waals surface area contributed by atoms with Crippen LogP contribution in [-0.4, -0.2) is 66.3 Å². The molecule has 2 heterocycles. The molecule has 1 aromatic carbocycles. The maximum atomic E-state index is 12.8. The molecule has 3 amide bonds. The van der Waals surface area contributed by atoms with Crippen LogP contribution in [0.15, 0.2) is 38.9 Å². The Kier molecular flexibility index (Phi) is 8.32. The average Bonchev–Trinajstić information content (AvgIpc) is 3.28. The Balaban J connectivity index is 1.53. The number of aromatic nitrogens is 1. The molecule has 2 aromatic rings. The summed E-state index contributed by atoms with van der Waals surface area (Å²) < 4.78 is 31.6. The molecule has 0 fully saturated rings. The number of aliphatic hydroxyl groups is 1. The van der Waals surface area contributed by atoms with E-state index in [9.17, 15) is 27.9 Å². The van der Waals surface area contributed by atoms with Crippen molar-refractivity contribution < 1.29 is 32.4 Å². The van der Waals surface area contributed by atoms with Gasteiger partial charge in [0.05, 0.1) is 22.2 Å². The first kappa shape index (κ1) is 27.5. The number of likely N-dealkylation sites (N-methyl/N-ethyl adjacent to an activating group) is 1. The molecule has 1 aliphatic heterocycles. The van der Waals surface area contributed by atoms with Gasteiger partial charge in [-0.25, -0.2) is 13.1 Å². The molecular weight excluding hydrogens is 535 g/mol. The van der Waals surface area contributed by atoms with Crippen LogP contribution in [0, 0.1) is 13.8 Å². The van der Waals surface area contributed by atoms with Crippen LogP contribution in [0.3, 0.4) is 0 Å². The third-order valence-corrected chi connectivity index (χ3v) is 7.81. The second-order valence-corrected chi connectivity index (χ2v) is 10.7. The zero-order chi connectivity index (χ0) is 26.8. The van der Waals surface area contributed by atoms with Gasteiger partial charge in [-0.05, 0) is 38.0 Å². The quantitative estimate of drug-likeness (QED) is 0.476. The molecule has 194 valence electrons. The predicted octanol–water partition coefficient (Wildman–Crippen LogP) is 2.50. The van der Waals surface area contributed by atoms with Crippen LogP contribution in [-0.2, 0) is 31.0 Å². The van der Waals surface area contributed by atoms with Gasteiger partial charge < -0.3 is 19.4 Å². The van der Waals surface area contributed by atoms with E-state index in [4.69, 9.17) is 27.7 Å². The van der Waals surface area contributed by atoms with Gasteiger partial charge in [0.1, 0.15) is 5.69 Å². The summed E-state index contributed by atoms with van der Waals surface area (Å²) in [5.74, 6) is -2.68. The highest BCUT2D eigenvalue weighted by molar-refractivity contribution is 7.90. The minimum atomic E-state index is -4.16. The largest absolute Gasteiger partial charge is 0.503 e. The second kappa shape index (κ2) is 10.9. The Labute approximate surface area is 217 Å². The topological polar surface area (TPSA) is 150 Å². The fourth-order valence-corrected chi connectivity index (χ4v) is 5.39. The van der Waals surface area contributed by atoms with Crippen molar-refractivity contribution in [1.29, 1.82) is 0 Å². The molecule has 0 saturated carbocycles. The third-order valence-electron chi connectivity index (χ3n) is 5.45. The molecule has 36 heavy (non-hydrogen) atoms. The number of halogens is 2. The first-order chi connectivity index (χ1) is 16.8. The van der Waals surface area contributed by atoms with Crippen LogP contribution in [0.4, 0.5) is 0 Å². The number of hydrogen-bond acceptors (Lipinski definition) is 8. The molecule has 0 spiro atoms. The summed E-state index contributed by atoms with van der Waals surface area (Å²) in [6.07, 6.45) is -0.115. The Morgan fingerprint density at radius 1 is 1.25 bits per heavy atom. The van der Waals surface area contributed by atoms with Crippen LogP contribution in [0.1, 0.15) is 29.9 Å². The number of rotatable bonds is 9. The third kappa shape index (κ3) is 6.00. The van der Waals surface area contributed by atoms with Crippen molar-refractivity contribution in [2.24, 2.45) is 0 Å². The van der Waals surface area contributed by atoms with E-state index < -0.39 is 33.5 Å². The lowest BCUT2D eigenvalue weighted by molar-refractivity contribution is -0.128. The number of benzene rings is 1. The van der Waals surface area contributed by atoms with Gasteiger partial charge in [0, 0.05) is 26.6 Å². The number of nitrogens with one attached hydrogen (secondary N) is 1. The molecule has 1 aliphatic rings. The van der Waals surface area contributed by atoms with Crippen molar-refractivity contribution >= 4 is 50.9 Å². The highest BCUT2D eigenvalue weighted by atomic mass is 35.5. The summed E-state index contributed by atoms with van der Waals surface area (Å²) in [5, 5.41) is 14.5. The van der Waals surface area contributed by atoms with E-state index in [1.165, 1.54) is 30.7 Å². The highest BCUT2D eigenvalue weighted by Gasteiger charge is 2.35. The summed E-state index contributed by atoms with van der Waals surface area (Å²) >= 11 is 11.9. The molecule has 3 rings (SSSR count). The molecule has 0 bridgehead atoms. The molecule has 1 aromatic heterocycles. The van der Waals surface area contributed by atoms with E-state index in [2.05, 4.69) is 5.16 Å². The maximum Gasteiger partial charge on any atom is 0.289 e. The number of hydrogen-bond donors (Lipinski definition) is 2. The minimum Gasteiger partial charge on any atom is -0.503 e. The van der Waals surface area contributed by atoms with Crippen LogP contribution in [0.2, 0.25) is 10.0 Å².